The van der Waals surface area contributed by atoms with Crippen LogP contribution in [0.2, 0.25) is 18.1 Å². The van der Waals surface area contributed by atoms with Gasteiger partial charge in [0.2, 0.25) is 0 Å². The zero-order valence-electron chi connectivity index (χ0n) is 17.5. The molecule has 0 aliphatic carbocycles. The zero-order chi connectivity index (χ0) is 20.1. The van der Waals surface area contributed by atoms with E-state index in [0.717, 1.165) is 42.5 Å². The molecule has 27 heavy (non-hydrogen) atoms. The van der Waals surface area contributed by atoms with E-state index >= 15 is 0 Å². The summed E-state index contributed by atoms with van der Waals surface area (Å²) in [5.74, 6) is 0.388. The lowest BCUT2D eigenvalue weighted by Crippen LogP contribution is -2.40. The van der Waals surface area contributed by atoms with Crippen LogP contribution in [0, 0.1) is 0 Å². The van der Waals surface area contributed by atoms with Crippen LogP contribution >= 0.6 is 0 Å². The number of esters is 1. The summed E-state index contributed by atoms with van der Waals surface area (Å²) in [6.07, 6.45) is 3.10. The van der Waals surface area contributed by atoms with Gasteiger partial charge in [-0.15, -0.1) is 0 Å². The lowest BCUT2D eigenvalue weighted by Gasteiger charge is -2.36. The summed E-state index contributed by atoms with van der Waals surface area (Å²) in [5, 5.41) is 1.20. The van der Waals surface area contributed by atoms with E-state index in [2.05, 4.69) is 38.8 Å². The summed E-state index contributed by atoms with van der Waals surface area (Å²) in [4.78, 5) is 14.8. The van der Waals surface area contributed by atoms with Gasteiger partial charge in [0.15, 0.2) is 8.32 Å². The minimum Gasteiger partial charge on any atom is -0.491 e. The van der Waals surface area contributed by atoms with Crippen LogP contribution in [0.5, 0.6) is 5.75 Å². The second kappa shape index (κ2) is 8.93. The minimum absolute atomic E-state index is 0.258. The first-order valence-corrected chi connectivity index (χ1v) is 12.5. The normalized spacial score (nSPS) is 12.4. The van der Waals surface area contributed by atoms with Crippen molar-refractivity contribution in [3.05, 3.63) is 30.0 Å². The monoisotopic (exact) mass is 391 g/mol. The maximum absolute atomic E-state index is 11.7. The van der Waals surface area contributed by atoms with Gasteiger partial charge >= 0.3 is 5.97 Å². The van der Waals surface area contributed by atoms with Crippen LogP contribution < -0.4 is 4.74 Å². The number of rotatable bonds is 9. The molecular formula is C21H33NO4Si. The van der Waals surface area contributed by atoms with E-state index < -0.39 is 8.32 Å². The molecule has 1 N–H and O–H groups in total. The minimum atomic E-state index is -1.64. The van der Waals surface area contributed by atoms with Crippen molar-refractivity contribution in [2.24, 2.45) is 0 Å². The van der Waals surface area contributed by atoms with Crippen molar-refractivity contribution < 1.29 is 18.7 Å². The number of unbranched alkanes of at least 4 members (excludes halogenated alkanes) is 2. The molecule has 6 heteroatoms. The standard InChI is InChI=1S/C21H33NO4Si/c1-21(2,3)27(5,6)26-14-9-7-8-13-25-18-12-10-11-16-15-17(20(23)24-4)22-19(16)18/h10-12,15,22H,7-9,13-14H2,1-6H3. The highest BCUT2D eigenvalue weighted by Gasteiger charge is 2.36. The Morgan fingerprint density at radius 1 is 1.11 bits per heavy atom. The van der Waals surface area contributed by atoms with Crippen molar-refractivity contribution in [2.45, 2.75) is 58.2 Å². The molecule has 5 nitrogen and oxygen atoms in total. The van der Waals surface area contributed by atoms with Gasteiger partial charge in [0.1, 0.15) is 11.4 Å². The Balaban J connectivity index is 1.78. The number of hydrogen-bond donors (Lipinski definition) is 1. The first-order chi connectivity index (χ1) is 12.7. The van der Waals surface area contributed by atoms with E-state index in [1.54, 1.807) is 6.07 Å². The Morgan fingerprint density at radius 2 is 1.81 bits per heavy atom. The summed E-state index contributed by atoms with van der Waals surface area (Å²) in [6, 6.07) is 7.58. The topological polar surface area (TPSA) is 60.6 Å². The van der Waals surface area contributed by atoms with Gasteiger partial charge in [-0.2, -0.15) is 0 Å². The zero-order valence-corrected chi connectivity index (χ0v) is 18.5. The average molecular weight is 392 g/mol. The number of H-pyrrole nitrogens is 1. The van der Waals surface area contributed by atoms with Crippen LogP contribution in [0.3, 0.4) is 0 Å². The summed E-state index contributed by atoms with van der Waals surface area (Å²) >= 11 is 0. The molecule has 0 spiro atoms. The molecule has 2 rings (SSSR count). The SMILES string of the molecule is COC(=O)c1cc2cccc(OCCCCCO[Si](C)(C)C(C)(C)C)c2[nH]1. The third-order valence-corrected chi connectivity index (χ3v) is 9.88. The highest BCUT2D eigenvalue weighted by molar-refractivity contribution is 6.74. The third-order valence-electron chi connectivity index (χ3n) is 5.34. The molecule has 1 aromatic heterocycles. The van der Waals surface area contributed by atoms with E-state index in [1.807, 2.05) is 18.2 Å². The van der Waals surface area contributed by atoms with Gasteiger partial charge < -0.3 is 18.9 Å². The Hall–Kier alpha value is -1.79. The molecule has 0 saturated carbocycles. The number of aromatic amines is 1. The van der Waals surface area contributed by atoms with Gasteiger partial charge in [-0.3, -0.25) is 0 Å². The Bertz CT molecular complexity index is 761. The summed E-state index contributed by atoms with van der Waals surface area (Å²) in [6.45, 7) is 12.8. The second-order valence-corrected chi connectivity index (χ2v) is 13.2. The molecule has 0 atom stereocenters. The first kappa shape index (κ1) is 21.5. The molecule has 1 heterocycles. The lowest BCUT2D eigenvalue weighted by atomic mass is 10.2. The number of carbonyl (C=O) groups is 1. The van der Waals surface area contributed by atoms with Crippen molar-refractivity contribution >= 4 is 25.2 Å². The maximum Gasteiger partial charge on any atom is 0.354 e. The largest absolute Gasteiger partial charge is 0.491 e. The van der Waals surface area contributed by atoms with Gasteiger partial charge in [0, 0.05) is 12.0 Å². The van der Waals surface area contributed by atoms with Gasteiger partial charge in [-0.1, -0.05) is 32.9 Å². The van der Waals surface area contributed by atoms with E-state index in [0.29, 0.717) is 12.3 Å². The quantitative estimate of drug-likeness (QED) is 0.347. The van der Waals surface area contributed by atoms with Gasteiger partial charge in [0.25, 0.3) is 0 Å². The van der Waals surface area contributed by atoms with Gasteiger partial charge in [-0.05, 0) is 49.5 Å². The number of para-hydroxylation sites is 1. The van der Waals surface area contributed by atoms with Crippen LogP contribution in [0.15, 0.2) is 24.3 Å². The van der Waals surface area contributed by atoms with Crippen LogP contribution in [0.1, 0.15) is 50.5 Å². The Labute approximate surface area is 163 Å². The average Bonchev–Trinajstić information content (AvgIpc) is 3.04. The molecular weight excluding hydrogens is 358 g/mol. The molecule has 2 aromatic rings. The first-order valence-electron chi connectivity index (χ1n) is 9.62. The maximum atomic E-state index is 11.7. The molecule has 0 bridgehead atoms. The van der Waals surface area contributed by atoms with E-state index in [4.69, 9.17) is 13.9 Å². The molecule has 0 unspecified atom stereocenters. The Kier molecular flexibility index (Phi) is 7.11. The molecule has 150 valence electrons. The van der Waals surface area contributed by atoms with Gasteiger partial charge in [-0.25, -0.2) is 4.79 Å². The molecule has 0 radical (unpaired) electrons. The number of aromatic nitrogens is 1. The summed E-state index contributed by atoms with van der Waals surface area (Å²) in [7, 11) is -0.265. The van der Waals surface area contributed by atoms with Crippen LogP contribution in [0.4, 0.5) is 0 Å². The van der Waals surface area contributed by atoms with Crippen molar-refractivity contribution in [1.82, 2.24) is 4.98 Å². The third kappa shape index (κ3) is 5.59. The number of nitrogens with one attached hydrogen (secondary N) is 1. The number of ether oxygens (including phenoxy) is 2. The summed E-state index contributed by atoms with van der Waals surface area (Å²) in [5.41, 5.74) is 1.27. The fraction of sp³-hybridized carbons (Fsp3) is 0.571. The lowest BCUT2D eigenvalue weighted by molar-refractivity contribution is 0.0595. The van der Waals surface area contributed by atoms with Crippen molar-refractivity contribution in [3.63, 3.8) is 0 Å². The number of hydrogen-bond acceptors (Lipinski definition) is 4. The van der Waals surface area contributed by atoms with Crippen LogP contribution in [-0.2, 0) is 9.16 Å². The van der Waals surface area contributed by atoms with Crippen molar-refractivity contribution in [3.8, 4) is 5.75 Å². The predicted molar refractivity (Wildman–Crippen MR) is 112 cm³/mol. The highest BCUT2D eigenvalue weighted by Crippen LogP contribution is 2.36. The fourth-order valence-electron chi connectivity index (χ4n) is 2.58. The number of carbonyl (C=O) groups excluding carboxylic acids is 1. The number of methoxy groups -OCH3 is 1. The fourth-order valence-corrected chi connectivity index (χ4v) is 3.66. The molecule has 0 aliphatic heterocycles. The van der Waals surface area contributed by atoms with E-state index in [-0.39, 0.29) is 11.0 Å². The highest BCUT2D eigenvalue weighted by atomic mass is 28.4. The predicted octanol–water partition coefficient (Wildman–Crippen LogP) is 5.53. The van der Waals surface area contributed by atoms with Crippen molar-refractivity contribution in [1.29, 1.82) is 0 Å². The van der Waals surface area contributed by atoms with Crippen LogP contribution in [0.25, 0.3) is 10.9 Å². The second-order valence-electron chi connectivity index (χ2n) is 8.41. The van der Waals surface area contributed by atoms with Crippen LogP contribution in [-0.4, -0.2) is 39.6 Å². The smallest absolute Gasteiger partial charge is 0.354 e. The summed E-state index contributed by atoms with van der Waals surface area (Å²) < 4.78 is 16.9. The number of benzene rings is 1. The molecule has 0 fully saturated rings. The van der Waals surface area contributed by atoms with E-state index in [1.165, 1.54) is 7.11 Å². The van der Waals surface area contributed by atoms with Gasteiger partial charge in [0.05, 0.1) is 19.2 Å². The molecule has 0 saturated heterocycles. The Morgan fingerprint density at radius 3 is 2.48 bits per heavy atom. The number of fused-ring (bicyclic) bond motifs is 1. The van der Waals surface area contributed by atoms with Crippen molar-refractivity contribution in [2.75, 3.05) is 20.3 Å². The van der Waals surface area contributed by atoms with E-state index in [9.17, 15) is 4.79 Å². The molecule has 0 amide bonds. The molecule has 0 aliphatic rings. The molecule has 1 aromatic carbocycles.